The highest BCUT2D eigenvalue weighted by molar-refractivity contribution is 5.85. The normalized spacial score (nSPS) is 12.1. The summed E-state index contributed by atoms with van der Waals surface area (Å²) < 4.78 is 0. The van der Waals surface area contributed by atoms with Crippen LogP contribution in [0.3, 0.4) is 0 Å². The molecule has 1 atom stereocenters. The molecule has 0 aliphatic heterocycles. The third-order valence-corrected chi connectivity index (χ3v) is 1.92. The van der Waals surface area contributed by atoms with Crippen molar-refractivity contribution in [3.05, 3.63) is 0 Å². The predicted molar refractivity (Wildman–Crippen MR) is 62.9 cm³/mol. The lowest BCUT2D eigenvalue weighted by molar-refractivity contribution is -0.123. The summed E-state index contributed by atoms with van der Waals surface area (Å²) in [6.07, 6.45) is 1.88. The largest absolute Gasteiger partial charge is 0.355 e. The molecule has 0 bridgehead atoms. The highest BCUT2D eigenvalue weighted by Gasteiger charge is 2.16. The van der Waals surface area contributed by atoms with Crippen molar-refractivity contribution in [2.45, 2.75) is 39.7 Å². The van der Waals surface area contributed by atoms with E-state index < -0.39 is 0 Å². The smallest absolute Gasteiger partial charge is 0.237 e. The molecule has 0 aromatic carbocycles. The average Bonchev–Trinajstić information content (AvgIpc) is 2.09. The Bertz CT molecular complexity index is 151. The molecular formula is C10H23ClN2O. The van der Waals surface area contributed by atoms with Gasteiger partial charge in [-0.25, -0.2) is 0 Å². The van der Waals surface area contributed by atoms with Gasteiger partial charge in [-0.1, -0.05) is 20.8 Å². The lowest BCUT2D eigenvalue weighted by atomic mass is 10.0. The Morgan fingerprint density at radius 1 is 1.36 bits per heavy atom. The number of hydrogen-bond acceptors (Lipinski definition) is 2. The van der Waals surface area contributed by atoms with Crippen LogP contribution in [-0.4, -0.2) is 25.5 Å². The van der Waals surface area contributed by atoms with Crippen molar-refractivity contribution >= 4 is 18.3 Å². The molecule has 1 unspecified atom stereocenters. The van der Waals surface area contributed by atoms with Crippen molar-refractivity contribution in [1.29, 1.82) is 0 Å². The van der Waals surface area contributed by atoms with Gasteiger partial charge in [0, 0.05) is 6.54 Å². The standard InChI is InChI=1S/C10H22N2O.ClH/c1-5-6-12-10(13)9(11-4)7-8(2)3;/h8-9,11H,5-7H2,1-4H3,(H,12,13);1H. The molecule has 0 heterocycles. The average molecular weight is 223 g/mol. The third kappa shape index (κ3) is 7.15. The number of halogens is 1. The zero-order valence-corrected chi connectivity index (χ0v) is 10.4. The minimum atomic E-state index is -0.0356. The number of amides is 1. The van der Waals surface area contributed by atoms with Gasteiger partial charge in [0.2, 0.25) is 5.91 Å². The van der Waals surface area contributed by atoms with Crippen LogP contribution in [0, 0.1) is 5.92 Å². The van der Waals surface area contributed by atoms with E-state index in [0.717, 1.165) is 19.4 Å². The maximum Gasteiger partial charge on any atom is 0.237 e. The maximum atomic E-state index is 11.5. The quantitative estimate of drug-likeness (QED) is 0.717. The van der Waals surface area contributed by atoms with E-state index in [1.54, 1.807) is 0 Å². The third-order valence-electron chi connectivity index (χ3n) is 1.92. The molecule has 0 aliphatic rings. The molecule has 0 saturated heterocycles. The summed E-state index contributed by atoms with van der Waals surface area (Å²) >= 11 is 0. The molecule has 0 rings (SSSR count). The van der Waals surface area contributed by atoms with Crippen LogP contribution in [0.5, 0.6) is 0 Å². The van der Waals surface area contributed by atoms with Crippen LogP contribution in [0.15, 0.2) is 0 Å². The van der Waals surface area contributed by atoms with E-state index in [-0.39, 0.29) is 24.4 Å². The zero-order valence-electron chi connectivity index (χ0n) is 9.59. The van der Waals surface area contributed by atoms with Gasteiger partial charge in [0.1, 0.15) is 0 Å². The second-order valence-electron chi connectivity index (χ2n) is 3.76. The Labute approximate surface area is 93.4 Å². The lowest BCUT2D eigenvalue weighted by Gasteiger charge is -2.17. The molecule has 0 aromatic heterocycles. The van der Waals surface area contributed by atoms with Gasteiger partial charge < -0.3 is 10.6 Å². The monoisotopic (exact) mass is 222 g/mol. The van der Waals surface area contributed by atoms with Crippen LogP contribution in [0.1, 0.15) is 33.6 Å². The summed E-state index contributed by atoms with van der Waals surface area (Å²) in [6, 6.07) is -0.0356. The molecule has 2 N–H and O–H groups in total. The first-order valence-corrected chi connectivity index (χ1v) is 5.06. The number of carbonyl (C=O) groups is 1. The molecule has 0 saturated carbocycles. The van der Waals surface area contributed by atoms with Crippen LogP contribution in [0.25, 0.3) is 0 Å². The topological polar surface area (TPSA) is 41.1 Å². The van der Waals surface area contributed by atoms with Crippen molar-refractivity contribution in [2.24, 2.45) is 5.92 Å². The Morgan fingerprint density at radius 2 is 1.93 bits per heavy atom. The maximum absolute atomic E-state index is 11.5. The van der Waals surface area contributed by atoms with Gasteiger partial charge in [0.15, 0.2) is 0 Å². The number of hydrogen-bond donors (Lipinski definition) is 2. The van der Waals surface area contributed by atoms with Gasteiger partial charge >= 0.3 is 0 Å². The molecule has 1 amide bonds. The Kier molecular flexibility index (Phi) is 10.7. The molecule has 0 radical (unpaired) electrons. The van der Waals surface area contributed by atoms with Crippen LogP contribution in [0.4, 0.5) is 0 Å². The summed E-state index contributed by atoms with van der Waals surface area (Å²) in [5, 5.41) is 5.92. The van der Waals surface area contributed by atoms with Gasteiger partial charge in [-0.2, -0.15) is 0 Å². The second kappa shape index (κ2) is 9.28. The fourth-order valence-corrected chi connectivity index (χ4v) is 1.20. The number of nitrogens with one attached hydrogen (secondary N) is 2. The van der Waals surface area contributed by atoms with Gasteiger partial charge in [0.25, 0.3) is 0 Å². The Morgan fingerprint density at radius 3 is 2.29 bits per heavy atom. The van der Waals surface area contributed by atoms with Crippen LogP contribution < -0.4 is 10.6 Å². The summed E-state index contributed by atoms with van der Waals surface area (Å²) in [7, 11) is 1.83. The fraction of sp³-hybridized carbons (Fsp3) is 0.900. The molecule has 3 nitrogen and oxygen atoms in total. The first-order chi connectivity index (χ1) is 6.11. The van der Waals surface area contributed by atoms with Crippen LogP contribution in [-0.2, 0) is 4.79 Å². The van der Waals surface area contributed by atoms with E-state index in [1.807, 2.05) is 7.05 Å². The van der Waals surface area contributed by atoms with E-state index in [9.17, 15) is 4.79 Å². The summed E-state index contributed by atoms with van der Waals surface area (Å²) in [6.45, 7) is 7.07. The summed E-state index contributed by atoms with van der Waals surface area (Å²) in [5.41, 5.74) is 0. The van der Waals surface area contributed by atoms with E-state index in [1.165, 1.54) is 0 Å². The highest BCUT2D eigenvalue weighted by Crippen LogP contribution is 2.04. The minimum Gasteiger partial charge on any atom is -0.355 e. The molecule has 0 aliphatic carbocycles. The SMILES string of the molecule is CCCNC(=O)C(CC(C)C)NC.Cl. The molecule has 14 heavy (non-hydrogen) atoms. The van der Waals surface area contributed by atoms with E-state index >= 15 is 0 Å². The number of likely N-dealkylation sites (N-methyl/N-ethyl adjacent to an activating group) is 1. The van der Waals surface area contributed by atoms with Crippen molar-refractivity contribution in [2.75, 3.05) is 13.6 Å². The molecule has 0 aromatic rings. The number of carbonyl (C=O) groups excluding carboxylic acids is 1. The Balaban J connectivity index is 0. The summed E-state index contributed by atoms with van der Waals surface area (Å²) in [5.74, 6) is 0.669. The molecular weight excluding hydrogens is 200 g/mol. The van der Waals surface area contributed by atoms with Gasteiger partial charge in [-0.15, -0.1) is 12.4 Å². The van der Waals surface area contributed by atoms with E-state index in [0.29, 0.717) is 5.92 Å². The molecule has 4 heteroatoms. The highest BCUT2D eigenvalue weighted by atomic mass is 35.5. The minimum absolute atomic E-state index is 0. The van der Waals surface area contributed by atoms with E-state index in [2.05, 4.69) is 31.4 Å². The predicted octanol–water partition coefficient (Wildman–Crippen LogP) is 1.57. The van der Waals surface area contributed by atoms with Crippen molar-refractivity contribution < 1.29 is 4.79 Å². The van der Waals surface area contributed by atoms with Crippen molar-refractivity contribution in [1.82, 2.24) is 10.6 Å². The molecule has 0 fully saturated rings. The van der Waals surface area contributed by atoms with E-state index in [4.69, 9.17) is 0 Å². The van der Waals surface area contributed by atoms with Gasteiger partial charge in [-0.3, -0.25) is 4.79 Å². The van der Waals surface area contributed by atoms with Crippen molar-refractivity contribution in [3.63, 3.8) is 0 Å². The fourth-order valence-electron chi connectivity index (χ4n) is 1.20. The summed E-state index contributed by atoms with van der Waals surface area (Å²) in [4.78, 5) is 11.5. The van der Waals surface area contributed by atoms with Gasteiger partial charge in [0.05, 0.1) is 6.04 Å². The van der Waals surface area contributed by atoms with Crippen LogP contribution >= 0.6 is 12.4 Å². The number of rotatable bonds is 6. The second-order valence-corrected chi connectivity index (χ2v) is 3.76. The molecule has 0 spiro atoms. The lowest BCUT2D eigenvalue weighted by Crippen LogP contribution is -2.43. The first kappa shape index (κ1) is 16.2. The zero-order chi connectivity index (χ0) is 10.3. The first-order valence-electron chi connectivity index (χ1n) is 5.06. The van der Waals surface area contributed by atoms with Crippen LogP contribution in [0.2, 0.25) is 0 Å². The molecule has 86 valence electrons. The van der Waals surface area contributed by atoms with Crippen molar-refractivity contribution in [3.8, 4) is 0 Å². The Hall–Kier alpha value is -0.280. The van der Waals surface area contributed by atoms with Gasteiger partial charge in [-0.05, 0) is 25.8 Å².